The van der Waals surface area contributed by atoms with Crippen LogP contribution in [-0.4, -0.2) is 45.7 Å². The summed E-state index contributed by atoms with van der Waals surface area (Å²) in [5.41, 5.74) is 1.95. The highest BCUT2D eigenvalue weighted by atomic mass is 32.2. The number of ether oxygens (including phenoxy) is 1. The van der Waals surface area contributed by atoms with Crippen molar-refractivity contribution in [1.29, 1.82) is 0 Å². The van der Waals surface area contributed by atoms with Crippen LogP contribution >= 0.6 is 11.8 Å². The van der Waals surface area contributed by atoms with E-state index in [1.807, 2.05) is 65.2 Å². The number of aromatic nitrogens is 3. The Morgan fingerprint density at radius 3 is 2.57 bits per heavy atom. The minimum absolute atomic E-state index is 0.0237. The SMILES string of the molecule is O=C(CSc1nnc(-c2ccccc2)n1-c1ccccc1)NC[C@H]1CCCO1. The van der Waals surface area contributed by atoms with E-state index in [4.69, 9.17) is 4.74 Å². The molecule has 1 atom stereocenters. The van der Waals surface area contributed by atoms with E-state index in [-0.39, 0.29) is 17.8 Å². The summed E-state index contributed by atoms with van der Waals surface area (Å²) < 4.78 is 7.54. The van der Waals surface area contributed by atoms with Crippen LogP contribution in [0.1, 0.15) is 12.8 Å². The van der Waals surface area contributed by atoms with Crippen molar-refractivity contribution in [2.45, 2.75) is 24.1 Å². The van der Waals surface area contributed by atoms with Gasteiger partial charge in [0, 0.05) is 24.4 Å². The van der Waals surface area contributed by atoms with E-state index in [9.17, 15) is 4.79 Å². The first-order valence-corrected chi connectivity index (χ1v) is 10.4. The first-order chi connectivity index (χ1) is 13.8. The topological polar surface area (TPSA) is 69.0 Å². The Hall–Kier alpha value is -2.64. The third-order valence-electron chi connectivity index (χ3n) is 4.56. The first kappa shape index (κ1) is 18.7. The summed E-state index contributed by atoms with van der Waals surface area (Å²) in [6, 6.07) is 19.9. The number of thioether (sulfide) groups is 1. The molecule has 0 bridgehead atoms. The molecule has 28 heavy (non-hydrogen) atoms. The standard InChI is InChI=1S/C21H22N4O2S/c26-19(22-14-18-12-7-13-27-18)15-28-21-24-23-20(16-8-3-1-4-9-16)25(21)17-10-5-2-6-11-17/h1-6,8-11,18H,7,12-15H2,(H,22,26)/t18-/m1/s1. The van der Waals surface area contributed by atoms with Crippen LogP contribution < -0.4 is 5.32 Å². The second-order valence-electron chi connectivity index (χ2n) is 6.57. The highest BCUT2D eigenvalue weighted by Crippen LogP contribution is 2.27. The fourth-order valence-electron chi connectivity index (χ4n) is 3.16. The monoisotopic (exact) mass is 394 g/mol. The van der Waals surface area contributed by atoms with Gasteiger partial charge in [-0.3, -0.25) is 9.36 Å². The van der Waals surface area contributed by atoms with Crippen LogP contribution in [0.4, 0.5) is 0 Å². The number of carbonyl (C=O) groups excluding carboxylic acids is 1. The van der Waals surface area contributed by atoms with Crippen molar-refractivity contribution >= 4 is 17.7 Å². The minimum Gasteiger partial charge on any atom is -0.376 e. The number of para-hydroxylation sites is 1. The molecule has 6 nitrogen and oxygen atoms in total. The smallest absolute Gasteiger partial charge is 0.230 e. The van der Waals surface area contributed by atoms with Gasteiger partial charge in [0.25, 0.3) is 0 Å². The van der Waals surface area contributed by atoms with Gasteiger partial charge in [0.1, 0.15) is 0 Å². The quantitative estimate of drug-likeness (QED) is 0.623. The Morgan fingerprint density at radius 1 is 1.11 bits per heavy atom. The average molecular weight is 395 g/mol. The maximum absolute atomic E-state index is 12.3. The first-order valence-electron chi connectivity index (χ1n) is 9.38. The van der Waals surface area contributed by atoms with E-state index in [1.165, 1.54) is 11.8 Å². The zero-order valence-corrected chi connectivity index (χ0v) is 16.3. The summed E-state index contributed by atoms with van der Waals surface area (Å²) in [5.74, 6) is 1.02. The number of hydrogen-bond donors (Lipinski definition) is 1. The van der Waals surface area contributed by atoms with E-state index >= 15 is 0 Å². The predicted octanol–water partition coefficient (Wildman–Crippen LogP) is 3.32. The molecule has 1 N–H and O–H groups in total. The molecule has 0 radical (unpaired) electrons. The Labute approximate surface area is 168 Å². The number of benzene rings is 2. The van der Waals surface area contributed by atoms with Gasteiger partial charge in [-0.05, 0) is 25.0 Å². The Bertz CT molecular complexity index is 909. The maximum Gasteiger partial charge on any atom is 0.230 e. The Morgan fingerprint density at radius 2 is 1.86 bits per heavy atom. The van der Waals surface area contributed by atoms with Crippen LogP contribution in [0.5, 0.6) is 0 Å². The lowest BCUT2D eigenvalue weighted by molar-refractivity contribution is -0.119. The summed E-state index contributed by atoms with van der Waals surface area (Å²) in [6.07, 6.45) is 2.22. The molecule has 1 fully saturated rings. The molecule has 1 aliphatic rings. The number of carbonyl (C=O) groups is 1. The molecule has 1 amide bonds. The van der Waals surface area contributed by atoms with Crippen molar-refractivity contribution in [3.63, 3.8) is 0 Å². The van der Waals surface area contributed by atoms with Crippen LogP contribution in [0, 0.1) is 0 Å². The zero-order chi connectivity index (χ0) is 19.2. The Balaban J connectivity index is 1.50. The number of hydrogen-bond acceptors (Lipinski definition) is 5. The van der Waals surface area contributed by atoms with E-state index in [0.29, 0.717) is 11.7 Å². The van der Waals surface area contributed by atoms with Crippen molar-refractivity contribution in [2.75, 3.05) is 18.9 Å². The number of nitrogens with one attached hydrogen (secondary N) is 1. The Kier molecular flexibility index (Phi) is 6.04. The molecule has 7 heteroatoms. The van der Waals surface area contributed by atoms with Gasteiger partial charge in [-0.15, -0.1) is 10.2 Å². The van der Waals surface area contributed by atoms with Crippen LogP contribution in [0.25, 0.3) is 17.1 Å². The molecule has 0 spiro atoms. The van der Waals surface area contributed by atoms with Crippen molar-refractivity contribution in [2.24, 2.45) is 0 Å². The van der Waals surface area contributed by atoms with Crippen molar-refractivity contribution in [3.8, 4) is 17.1 Å². The predicted molar refractivity (Wildman–Crippen MR) is 110 cm³/mol. The van der Waals surface area contributed by atoms with Gasteiger partial charge >= 0.3 is 0 Å². The van der Waals surface area contributed by atoms with Crippen molar-refractivity contribution in [1.82, 2.24) is 20.1 Å². The third-order valence-corrected chi connectivity index (χ3v) is 5.49. The molecule has 0 aliphatic carbocycles. The normalized spacial score (nSPS) is 16.2. The summed E-state index contributed by atoms with van der Waals surface area (Å²) in [4.78, 5) is 12.3. The van der Waals surface area contributed by atoms with E-state index in [2.05, 4.69) is 15.5 Å². The molecule has 1 aliphatic heterocycles. The molecule has 4 rings (SSSR count). The summed E-state index contributed by atoms with van der Waals surface area (Å²) in [5, 5.41) is 12.4. The van der Waals surface area contributed by atoms with Crippen LogP contribution in [0.2, 0.25) is 0 Å². The zero-order valence-electron chi connectivity index (χ0n) is 15.5. The van der Waals surface area contributed by atoms with Crippen molar-refractivity contribution < 1.29 is 9.53 Å². The molecule has 1 saturated heterocycles. The van der Waals surface area contributed by atoms with Crippen molar-refractivity contribution in [3.05, 3.63) is 60.7 Å². The molecule has 0 saturated carbocycles. The number of nitrogens with zero attached hydrogens (tertiary/aromatic N) is 3. The van der Waals surface area contributed by atoms with Gasteiger partial charge in [0.05, 0.1) is 11.9 Å². The lowest BCUT2D eigenvalue weighted by Gasteiger charge is -2.12. The van der Waals surface area contributed by atoms with Gasteiger partial charge in [0.2, 0.25) is 5.91 Å². The van der Waals surface area contributed by atoms with Crippen LogP contribution in [0.3, 0.4) is 0 Å². The fraction of sp³-hybridized carbons (Fsp3) is 0.286. The molecule has 2 aromatic carbocycles. The second-order valence-corrected chi connectivity index (χ2v) is 7.51. The van der Waals surface area contributed by atoms with Gasteiger partial charge < -0.3 is 10.1 Å². The lowest BCUT2D eigenvalue weighted by Crippen LogP contribution is -2.32. The van der Waals surface area contributed by atoms with E-state index in [1.54, 1.807) is 0 Å². The van der Waals surface area contributed by atoms with Crippen LogP contribution in [0.15, 0.2) is 65.8 Å². The molecule has 1 aromatic heterocycles. The molecular weight excluding hydrogens is 372 g/mol. The fourth-order valence-corrected chi connectivity index (χ4v) is 3.94. The minimum atomic E-state index is -0.0237. The second kappa shape index (κ2) is 9.03. The van der Waals surface area contributed by atoms with Gasteiger partial charge in [0.15, 0.2) is 11.0 Å². The number of rotatable bonds is 7. The molecule has 0 unspecified atom stereocenters. The maximum atomic E-state index is 12.3. The lowest BCUT2D eigenvalue weighted by atomic mass is 10.2. The molecule has 144 valence electrons. The molecular formula is C21H22N4O2S. The summed E-state index contributed by atoms with van der Waals surface area (Å²) in [7, 11) is 0. The highest BCUT2D eigenvalue weighted by Gasteiger charge is 2.19. The van der Waals surface area contributed by atoms with Gasteiger partial charge in [-0.1, -0.05) is 60.3 Å². The summed E-state index contributed by atoms with van der Waals surface area (Å²) in [6.45, 7) is 1.36. The number of amides is 1. The molecule has 2 heterocycles. The van der Waals surface area contributed by atoms with E-state index in [0.717, 1.165) is 36.5 Å². The van der Waals surface area contributed by atoms with Gasteiger partial charge in [-0.2, -0.15) is 0 Å². The largest absolute Gasteiger partial charge is 0.376 e. The van der Waals surface area contributed by atoms with Gasteiger partial charge in [-0.25, -0.2) is 0 Å². The molecule has 3 aromatic rings. The van der Waals surface area contributed by atoms with E-state index < -0.39 is 0 Å². The highest BCUT2D eigenvalue weighted by molar-refractivity contribution is 7.99. The average Bonchev–Trinajstić information content (AvgIpc) is 3.42. The van der Waals surface area contributed by atoms with Crippen LogP contribution in [-0.2, 0) is 9.53 Å². The summed E-state index contributed by atoms with van der Waals surface area (Å²) >= 11 is 1.38. The third kappa shape index (κ3) is 4.43.